The molecule has 1 unspecified atom stereocenters. The van der Waals surface area contributed by atoms with Gasteiger partial charge >= 0.3 is 0 Å². The van der Waals surface area contributed by atoms with Gasteiger partial charge in [-0.15, -0.1) is 0 Å². The van der Waals surface area contributed by atoms with Crippen LogP contribution < -0.4 is 4.74 Å². The molecule has 0 bridgehead atoms. The SMILES string of the molecule is C.COc1cc(CC2=NC3=NCCC(c4ccc(F)cc4)N3C2=O)ccc1-n1cnc(C)c1. The van der Waals surface area contributed by atoms with E-state index in [9.17, 15) is 9.18 Å². The molecule has 1 atom stereocenters. The molecule has 33 heavy (non-hydrogen) atoms. The van der Waals surface area contributed by atoms with E-state index in [1.165, 1.54) is 12.1 Å². The van der Waals surface area contributed by atoms with Gasteiger partial charge in [0.15, 0.2) is 0 Å². The molecule has 0 saturated heterocycles. The summed E-state index contributed by atoms with van der Waals surface area (Å²) < 4.78 is 20.8. The Kier molecular flexibility index (Phi) is 6.09. The molecule has 2 aromatic carbocycles. The van der Waals surface area contributed by atoms with Crippen LogP contribution in [0.5, 0.6) is 5.75 Å². The third-order valence-electron chi connectivity index (χ3n) is 5.74. The van der Waals surface area contributed by atoms with Crippen molar-refractivity contribution >= 4 is 17.6 Å². The number of amides is 1. The van der Waals surface area contributed by atoms with Crippen molar-refractivity contribution in [2.24, 2.45) is 9.98 Å². The number of benzene rings is 2. The minimum absolute atomic E-state index is 0. The average Bonchev–Trinajstić information content (AvgIpc) is 3.37. The zero-order valence-electron chi connectivity index (χ0n) is 17.8. The lowest BCUT2D eigenvalue weighted by atomic mass is 10.00. The molecule has 0 fully saturated rings. The van der Waals surface area contributed by atoms with Gasteiger partial charge in [-0.05, 0) is 48.7 Å². The van der Waals surface area contributed by atoms with Crippen molar-refractivity contribution in [3.8, 4) is 11.4 Å². The first-order chi connectivity index (χ1) is 15.5. The summed E-state index contributed by atoms with van der Waals surface area (Å²) in [6, 6.07) is 11.9. The Labute approximate surface area is 192 Å². The number of rotatable bonds is 5. The molecule has 5 rings (SSSR count). The average molecular weight is 448 g/mol. The van der Waals surface area contributed by atoms with Crippen LogP contribution in [0.15, 0.2) is 65.0 Å². The van der Waals surface area contributed by atoms with Crippen LogP contribution >= 0.6 is 0 Å². The number of aromatic nitrogens is 2. The fourth-order valence-electron chi connectivity index (χ4n) is 4.17. The summed E-state index contributed by atoms with van der Waals surface area (Å²) in [6.45, 7) is 2.50. The molecule has 2 aliphatic heterocycles. The van der Waals surface area contributed by atoms with Crippen LogP contribution in [0.4, 0.5) is 4.39 Å². The van der Waals surface area contributed by atoms with Crippen molar-refractivity contribution in [1.82, 2.24) is 14.5 Å². The van der Waals surface area contributed by atoms with Gasteiger partial charge in [-0.25, -0.2) is 14.4 Å². The summed E-state index contributed by atoms with van der Waals surface area (Å²) in [5, 5.41) is 0. The van der Waals surface area contributed by atoms with Crippen molar-refractivity contribution in [3.63, 3.8) is 0 Å². The van der Waals surface area contributed by atoms with Gasteiger partial charge in [0.2, 0.25) is 5.96 Å². The molecule has 1 amide bonds. The van der Waals surface area contributed by atoms with Gasteiger partial charge in [-0.1, -0.05) is 25.6 Å². The molecule has 8 heteroatoms. The van der Waals surface area contributed by atoms with E-state index in [2.05, 4.69) is 15.0 Å². The Balaban J connectivity index is 0.00000259. The van der Waals surface area contributed by atoms with Crippen molar-refractivity contribution in [3.05, 3.63) is 77.6 Å². The first-order valence-corrected chi connectivity index (χ1v) is 10.4. The lowest BCUT2D eigenvalue weighted by molar-refractivity contribution is -0.122. The maximum Gasteiger partial charge on any atom is 0.276 e. The largest absolute Gasteiger partial charge is 0.495 e. The number of fused-ring (bicyclic) bond motifs is 1. The highest BCUT2D eigenvalue weighted by molar-refractivity contribution is 6.47. The Morgan fingerprint density at radius 3 is 2.67 bits per heavy atom. The van der Waals surface area contributed by atoms with Crippen molar-refractivity contribution in [2.75, 3.05) is 13.7 Å². The minimum atomic E-state index is -0.300. The van der Waals surface area contributed by atoms with E-state index in [0.717, 1.165) is 22.5 Å². The summed E-state index contributed by atoms with van der Waals surface area (Å²) in [5.41, 5.74) is 4.01. The Morgan fingerprint density at radius 1 is 1.18 bits per heavy atom. The Morgan fingerprint density at radius 2 is 1.97 bits per heavy atom. The van der Waals surface area contributed by atoms with Crippen LogP contribution in [-0.2, 0) is 11.2 Å². The second-order valence-corrected chi connectivity index (χ2v) is 7.88. The second kappa shape index (κ2) is 8.97. The number of nitrogens with zero attached hydrogens (tertiary/aromatic N) is 5. The number of guanidine groups is 1. The van der Waals surface area contributed by atoms with Crippen LogP contribution in [0.25, 0.3) is 5.69 Å². The van der Waals surface area contributed by atoms with E-state index in [4.69, 9.17) is 4.74 Å². The highest BCUT2D eigenvalue weighted by atomic mass is 19.1. The lowest BCUT2D eigenvalue weighted by Crippen LogP contribution is -2.40. The molecule has 0 radical (unpaired) electrons. The predicted octanol–water partition coefficient (Wildman–Crippen LogP) is 4.29. The monoisotopic (exact) mass is 447 g/mol. The molecule has 2 aliphatic rings. The van der Waals surface area contributed by atoms with Gasteiger partial charge in [-0.3, -0.25) is 14.7 Å². The molecule has 1 aromatic heterocycles. The standard InChI is InChI=1S/C24H22FN5O2.CH4/c1-15-13-29(14-27-15)21-8-3-16(12-22(21)32-2)11-19-23(31)30-20(9-10-26-24(30)28-19)17-4-6-18(25)7-5-17;/h3-8,12-14,20H,9-11H2,1-2H3;1H4. The number of imidazole rings is 1. The zero-order chi connectivity index (χ0) is 22.2. The van der Waals surface area contributed by atoms with Crippen molar-refractivity contribution in [1.29, 1.82) is 0 Å². The molecule has 0 N–H and O–H groups in total. The number of aliphatic imine (C=N–C) groups is 2. The first-order valence-electron chi connectivity index (χ1n) is 10.4. The molecule has 0 aliphatic carbocycles. The molecular formula is C25H26FN5O2. The Hall–Kier alpha value is -3.81. The summed E-state index contributed by atoms with van der Waals surface area (Å²) in [7, 11) is 1.62. The fraction of sp³-hybridized carbons (Fsp3) is 0.280. The number of carbonyl (C=O) groups excluding carboxylic acids is 1. The second-order valence-electron chi connectivity index (χ2n) is 7.88. The number of ether oxygens (including phenoxy) is 1. The van der Waals surface area contributed by atoms with Crippen LogP contribution in [0.2, 0.25) is 0 Å². The highest BCUT2D eigenvalue weighted by Gasteiger charge is 2.39. The van der Waals surface area contributed by atoms with E-state index < -0.39 is 0 Å². The van der Waals surface area contributed by atoms with Gasteiger partial charge in [0.05, 0.1) is 30.9 Å². The van der Waals surface area contributed by atoms with Crippen LogP contribution in [0, 0.1) is 12.7 Å². The summed E-state index contributed by atoms with van der Waals surface area (Å²) in [5.74, 6) is 0.658. The zero-order valence-corrected chi connectivity index (χ0v) is 17.8. The predicted molar refractivity (Wildman–Crippen MR) is 126 cm³/mol. The fourth-order valence-corrected chi connectivity index (χ4v) is 4.17. The maximum atomic E-state index is 13.4. The smallest absolute Gasteiger partial charge is 0.276 e. The number of aryl methyl sites for hydroxylation is 1. The van der Waals surface area contributed by atoms with E-state index in [0.29, 0.717) is 36.8 Å². The van der Waals surface area contributed by atoms with Gasteiger partial charge in [-0.2, -0.15) is 0 Å². The van der Waals surface area contributed by atoms with E-state index in [1.54, 1.807) is 30.5 Å². The molecule has 0 saturated carbocycles. The quantitative estimate of drug-likeness (QED) is 0.586. The molecule has 170 valence electrons. The van der Waals surface area contributed by atoms with Gasteiger partial charge in [0.1, 0.15) is 17.3 Å². The topological polar surface area (TPSA) is 72.1 Å². The number of hydrogen-bond acceptors (Lipinski definition) is 5. The summed E-state index contributed by atoms with van der Waals surface area (Å²) in [6.07, 6.45) is 4.71. The minimum Gasteiger partial charge on any atom is -0.495 e. The maximum absolute atomic E-state index is 13.4. The number of hydrogen-bond donors (Lipinski definition) is 0. The normalized spacial score (nSPS) is 17.2. The number of halogens is 1. The molecule has 7 nitrogen and oxygen atoms in total. The molecule has 0 spiro atoms. The summed E-state index contributed by atoms with van der Waals surface area (Å²) >= 11 is 0. The molecule has 3 heterocycles. The van der Waals surface area contributed by atoms with Gasteiger partial charge in [0.25, 0.3) is 5.91 Å². The summed E-state index contributed by atoms with van der Waals surface area (Å²) in [4.78, 5) is 28.1. The van der Waals surface area contributed by atoms with Crippen molar-refractivity contribution < 1.29 is 13.9 Å². The van der Waals surface area contributed by atoms with Crippen LogP contribution in [0.3, 0.4) is 0 Å². The lowest BCUT2D eigenvalue weighted by Gasteiger charge is -2.30. The Bertz CT molecular complexity index is 1250. The molecular weight excluding hydrogens is 421 g/mol. The van der Waals surface area contributed by atoms with E-state index >= 15 is 0 Å². The third kappa shape index (κ3) is 4.16. The van der Waals surface area contributed by atoms with Crippen molar-refractivity contribution in [2.45, 2.75) is 33.2 Å². The van der Waals surface area contributed by atoms with Crippen LogP contribution in [-0.4, -0.2) is 45.7 Å². The highest BCUT2D eigenvalue weighted by Crippen LogP contribution is 2.32. The molecule has 3 aromatic rings. The van der Waals surface area contributed by atoms with Crippen LogP contribution in [0.1, 0.15) is 36.7 Å². The number of methoxy groups -OCH3 is 1. The third-order valence-corrected chi connectivity index (χ3v) is 5.74. The number of carbonyl (C=O) groups is 1. The van der Waals surface area contributed by atoms with E-state index in [-0.39, 0.29) is 25.2 Å². The van der Waals surface area contributed by atoms with E-state index in [1.807, 2.05) is 35.9 Å². The first kappa shape index (κ1) is 22.4. The van der Waals surface area contributed by atoms with Gasteiger partial charge in [0, 0.05) is 19.2 Å². The van der Waals surface area contributed by atoms with Gasteiger partial charge < -0.3 is 9.30 Å².